The topological polar surface area (TPSA) is 109 Å². The molecule has 0 aliphatic heterocycles. The summed E-state index contributed by atoms with van der Waals surface area (Å²) < 4.78 is 26.7. The molecule has 3 aromatic heterocycles. The number of benzene rings is 2. The van der Waals surface area contributed by atoms with Gasteiger partial charge in [-0.2, -0.15) is 0 Å². The van der Waals surface area contributed by atoms with E-state index in [9.17, 15) is 14.4 Å². The van der Waals surface area contributed by atoms with Crippen molar-refractivity contribution in [3.8, 4) is 22.6 Å². The van der Waals surface area contributed by atoms with Crippen LogP contribution >= 0.6 is 0 Å². The summed E-state index contributed by atoms with van der Waals surface area (Å²) in [6.07, 6.45) is 1.36. The van der Waals surface area contributed by atoms with Gasteiger partial charge in [0, 0.05) is 28.5 Å². The SMILES string of the molecule is CCOc1cccc2cc(-c3cc(=O)oc4cc(OC(=O)c5ccco5)ccc34)c(=O)oc12. The molecule has 0 amide bonds. The molecule has 0 atom stereocenters. The molecule has 0 N–H and O–H groups in total. The fourth-order valence-corrected chi connectivity index (χ4v) is 3.56. The van der Waals surface area contributed by atoms with Gasteiger partial charge in [-0.3, -0.25) is 0 Å². The standard InChI is InChI=1S/C25H16O8/c1-2-29-19-6-3-5-14-11-18(24(27)33-23(14)19)17-13-22(26)32-21-12-15(8-9-16(17)21)31-25(28)20-7-4-10-30-20/h3-13H,2H2,1H3. The van der Waals surface area contributed by atoms with Crippen molar-refractivity contribution in [2.24, 2.45) is 0 Å². The molecule has 0 spiro atoms. The highest BCUT2D eigenvalue weighted by molar-refractivity contribution is 5.96. The van der Waals surface area contributed by atoms with E-state index >= 15 is 0 Å². The Balaban J connectivity index is 1.62. The Hall–Kier alpha value is -4.59. The van der Waals surface area contributed by atoms with E-state index in [-0.39, 0.29) is 22.7 Å². The van der Waals surface area contributed by atoms with Crippen LogP contribution in [-0.4, -0.2) is 12.6 Å². The molecule has 164 valence electrons. The lowest BCUT2D eigenvalue weighted by Gasteiger charge is -2.09. The number of carbonyl (C=O) groups excluding carboxylic acids is 1. The number of ether oxygens (including phenoxy) is 2. The Bertz CT molecular complexity index is 1610. The van der Waals surface area contributed by atoms with Gasteiger partial charge in [-0.1, -0.05) is 12.1 Å². The second-order valence-electron chi connectivity index (χ2n) is 7.06. The average molecular weight is 444 g/mol. The molecular formula is C25H16O8. The molecule has 0 unspecified atom stereocenters. The van der Waals surface area contributed by atoms with Gasteiger partial charge in [0.15, 0.2) is 11.3 Å². The molecule has 5 aromatic rings. The van der Waals surface area contributed by atoms with Crippen molar-refractivity contribution >= 4 is 27.9 Å². The molecule has 0 saturated heterocycles. The smallest absolute Gasteiger partial charge is 0.379 e. The molecule has 5 rings (SSSR count). The molecular weight excluding hydrogens is 428 g/mol. The predicted octanol–water partition coefficient (Wildman–Crippen LogP) is 4.78. The Labute approximate surface area is 185 Å². The van der Waals surface area contributed by atoms with Crippen LogP contribution in [0.15, 0.2) is 89.8 Å². The zero-order valence-corrected chi connectivity index (χ0v) is 17.3. The number of para-hydroxylation sites is 1. The maximum atomic E-state index is 12.9. The zero-order valence-electron chi connectivity index (χ0n) is 17.3. The van der Waals surface area contributed by atoms with E-state index in [1.54, 1.807) is 36.4 Å². The van der Waals surface area contributed by atoms with Gasteiger partial charge in [0.1, 0.15) is 11.3 Å². The van der Waals surface area contributed by atoms with Crippen LogP contribution in [0.4, 0.5) is 0 Å². The second kappa shape index (κ2) is 8.16. The van der Waals surface area contributed by atoms with E-state index in [2.05, 4.69) is 0 Å². The predicted molar refractivity (Wildman–Crippen MR) is 119 cm³/mol. The van der Waals surface area contributed by atoms with E-state index in [0.29, 0.717) is 34.3 Å². The Morgan fingerprint density at radius 2 is 1.82 bits per heavy atom. The molecule has 0 aliphatic carbocycles. The summed E-state index contributed by atoms with van der Waals surface area (Å²) in [4.78, 5) is 37.3. The van der Waals surface area contributed by atoms with Crippen molar-refractivity contribution in [1.29, 1.82) is 0 Å². The summed E-state index contributed by atoms with van der Waals surface area (Å²) in [6.45, 7) is 2.25. The van der Waals surface area contributed by atoms with Crippen molar-refractivity contribution in [1.82, 2.24) is 0 Å². The number of hydrogen-bond acceptors (Lipinski definition) is 8. The van der Waals surface area contributed by atoms with Gasteiger partial charge < -0.3 is 22.7 Å². The summed E-state index contributed by atoms with van der Waals surface area (Å²) in [5, 5.41) is 1.11. The molecule has 0 fully saturated rings. The van der Waals surface area contributed by atoms with Gasteiger partial charge in [-0.15, -0.1) is 0 Å². The Morgan fingerprint density at radius 3 is 2.61 bits per heavy atom. The molecule has 33 heavy (non-hydrogen) atoms. The summed E-state index contributed by atoms with van der Waals surface area (Å²) in [7, 11) is 0. The number of rotatable bonds is 5. The highest BCUT2D eigenvalue weighted by Gasteiger charge is 2.17. The first-order chi connectivity index (χ1) is 16.0. The van der Waals surface area contributed by atoms with E-state index in [1.807, 2.05) is 6.92 Å². The minimum atomic E-state index is -0.696. The molecule has 0 saturated carbocycles. The van der Waals surface area contributed by atoms with E-state index in [1.165, 1.54) is 30.5 Å². The van der Waals surface area contributed by atoms with Gasteiger partial charge in [0.05, 0.1) is 18.4 Å². The van der Waals surface area contributed by atoms with E-state index < -0.39 is 17.2 Å². The highest BCUT2D eigenvalue weighted by Crippen LogP contribution is 2.32. The van der Waals surface area contributed by atoms with Crippen LogP contribution in [0.2, 0.25) is 0 Å². The van der Waals surface area contributed by atoms with Crippen molar-refractivity contribution in [2.45, 2.75) is 6.92 Å². The van der Waals surface area contributed by atoms with Gasteiger partial charge in [0.2, 0.25) is 5.76 Å². The lowest BCUT2D eigenvalue weighted by atomic mass is 10.0. The first-order valence-electron chi connectivity index (χ1n) is 10.1. The summed E-state index contributed by atoms with van der Waals surface area (Å²) >= 11 is 0. The third-order valence-electron chi connectivity index (χ3n) is 4.96. The van der Waals surface area contributed by atoms with Crippen LogP contribution in [0.5, 0.6) is 11.5 Å². The maximum absolute atomic E-state index is 12.9. The van der Waals surface area contributed by atoms with Crippen LogP contribution in [0.3, 0.4) is 0 Å². The number of hydrogen-bond donors (Lipinski definition) is 0. The first-order valence-corrected chi connectivity index (χ1v) is 10.1. The number of esters is 1. The highest BCUT2D eigenvalue weighted by atomic mass is 16.5. The number of carbonyl (C=O) groups is 1. The first kappa shape index (κ1) is 20.3. The van der Waals surface area contributed by atoms with Crippen molar-refractivity contribution in [3.05, 3.63) is 93.5 Å². The van der Waals surface area contributed by atoms with Gasteiger partial charge in [-0.05, 0) is 43.3 Å². The van der Waals surface area contributed by atoms with Crippen LogP contribution in [0.25, 0.3) is 33.1 Å². The normalized spacial score (nSPS) is 11.1. The molecule has 0 radical (unpaired) electrons. The number of fused-ring (bicyclic) bond motifs is 2. The van der Waals surface area contributed by atoms with Crippen molar-refractivity contribution < 1.29 is 27.5 Å². The summed E-state index contributed by atoms with van der Waals surface area (Å²) in [5.41, 5.74) is -0.307. The molecule has 0 bridgehead atoms. The summed E-state index contributed by atoms with van der Waals surface area (Å²) in [5.74, 6) is -0.0566. The van der Waals surface area contributed by atoms with Gasteiger partial charge >= 0.3 is 17.2 Å². The average Bonchev–Trinajstić information content (AvgIpc) is 3.34. The third-order valence-corrected chi connectivity index (χ3v) is 4.96. The quantitative estimate of drug-likeness (QED) is 0.216. The monoisotopic (exact) mass is 444 g/mol. The Morgan fingerprint density at radius 1 is 0.939 bits per heavy atom. The van der Waals surface area contributed by atoms with Gasteiger partial charge in [0.25, 0.3) is 0 Å². The lowest BCUT2D eigenvalue weighted by Crippen LogP contribution is -2.08. The zero-order chi connectivity index (χ0) is 22.9. The van der Waals surface area contributed by atoms with Crippen molar-refractivity contribution in [2.75, 3.05) is 6.61 Å². The van der Waals surface area contributed by atoms with Crippen molar-refractivity contribution in [3.63, 3.8) is 0 Å². The minimum absolute atomic E-state index is 0.0329. The van der Waals surface area contributed by atoms with Crippen LogP contribution in [0.1, 0.15) is 17.5 Å². The maximum Gasteiger partial charge on any atom is 0.379 e. The molecule has 8 nitrogen and oxygen atoms in total. The number of furan rings is 1. The van der Waals surface area contributed by atoms with Crippen LogP contribution in [0, 0.1) is 0 Å². The molecule has 0 aliphatic rings. The Kier molecular flexibility index (Phi) is 5.02. The van der Waals surface area contributed by atoms with Crippen LogP contribution in [-0.2, 0) is 0 Å². The van der Waals surface area contributed by atoms with E-state index in [0.717, 1.165) is 0 Å². The minimum Gasteiger partial charge on any atom is -0.490 e. The lowest BCUT2D eigenvalue weighted by molar-refractivity contribution is 0.0701. The second-order valence-corrected chi connectivity index (χ2v) is 7.06. The summed E-state index contributed by atoms with van der Waals surface area (Å²) in [6, 6.07) is 15.7. The van der Waals surface area contributed by atoms with Gasteiger partial charge in [-0.25, -0.2) is 14.4 Å². The molecule has 2 aromatic carbocycles. The van der Waals surface area contributed by atoms with Crippen LogP contribution < -0.4 is 20.7 Å². The molecule has 3 heterocycles. The fraction of sp³-hybridized carbons (Fsp3) is 0.0800. The molecule has 8 heteroatoms. The van der Waals surface area contributed by atoms with E-state index in [4.69, 9.17) is 22.7 Å². The largest absolute Gasteiger partial charge is 0.490 e. The third kappa shape index (κ3) is 3.78. The fourth-order valence-electron chi connectivity index (χ4n) is 3.56.